The van der Waals surface area contributed by atoms with Crippen molar-refractivity contribution in [2.24, 2.45) is 5.73 Å². The Bertz CT molecular complexity index is 297. The molecule has 0 saturated heterocycles. The second kappa shape index (κ2) is 5.28. The highest BCUT2D eigenvalue weighted by Gasteiger charge is 2.04. The Labute approximate surface area is 90.0 Å². The Morgan fingerprint density at radius 3 is 2.62 bits per heavy atom. The Morgan fingerprint density at radius 1 is 1.54 bits per heavy atom. The molecule has 1 atom stereocenters. The number of rotatable bonds is 2. The highest BCUT2D eigenvalue weighted by molar-refractivity contribution is 6.30. The minimum Gasteiger partial charge on any atom is -0.321 e. The van der Waals surface area contributed by atoms with Gasteiger partial charge in [-0.15, -0.1) is 19.0 Å². The summed E-state index contributed by atoms with van der Waals surface area (Å²) in [5.41, 5.74) is 7.97. The summed E-state index contributed by atoms with van der Waals surface area (Å²) in [6.45, 7) is 5.63. The van der Waals surface area contributed by atoms with Gasteiger partial charge in [0.15, 0.2) is 0 Å². The average molecular weight is 218 g/mol. The van der Waals surface area contributed by atoms with Crippen molar-refractivity contribution in [3.05, 3.63) is 47.0 Å². The fourth-order valence-corrected chi connectivity index (χ4v) is 1.37. The third kappa shape index (κ3) is 3.03. The van der Waals surface area contributed by atoms with E-state index >= 15 is 0 Å². The molecule has 0 saturated carbocycles. The smallest absolute Gasteiger partial charge is 0.0481 e. The Morgan fingerprint density at radius 2 is 2.15 bits per heavy atom. The lowest BCUT2D eigenvalue weighted by molar-refractivity contribution is 0.902. The molecule has 0 unspecified atom stereocenters. The van der Waals surface area contributed by atoms with E-state index in [9.17, 15) is 0 Å². The van der Waals surface area contributed by atoms with Crippen molar-refractivity contribution in [1.82, 2.24) is 0 Å². The van der Waals surface area contributed by atoms with Crippen LogP contribution < -0.4 is 5.73 Å². The van der Waals surface area contributed by atoms with Crippen LogP contribution in [0.3, 0.4) is 0 Å². The lowest BCUT2D eigenvalue weighted by Gasteiger charge is -2.09. The summed E-state index contributed by atoms with van der Waals surface area (Å²) in [7, 11) is 0. The summed E-state index contributed by atoms with van der Waals surface area (Å²) < 4.78 is 0. The third-order valence-corrected chi connectivity index (χ3v) is 2.08. The number of hydrogen-bond acceptors (Lipinski definition) is 1. The fraction of sp³-hybridized carbons (Fsp3) is 0.200. The quantitative estimate of drug-likeness (QED) is 0.757. The van der Waals surface area contributed by atoms with Crippen LogP contribution in [0, 0.1) is 6.92 Å². The number of benzene rings is 1. The number of nitrogens with two attached hydrogens (primary N) is 1. The molecule has 1 aromatic rings. The van der Waals surface area contributed by atoms with Gasteiger partial charge in [-0.05, 0) is 30.2 Å². The molecule has 1 rings (SSSR count). The van der Waals surface area contributed by atoms with Crippen LogP contribution in [0.25, 0.3) is 0 Å². The maximum atomic E-state index is 5.80. The molecule has 2 N–H and O–H groups in total. The van der Waals surface area contributed by atoms with E-state index in [2.05, 4.69) is 6.58 Å². The molecule has 13 heavy (non-hydrogen) atoms. The van der Waals surface area contributed by atoms with E-state index in [1.165, 1.54) is 0 Å². The van der Waals surface area contributed by atoms with Gasteiger partial charge in [0.25, 0.3) is 0 Å². The molecule has 0 aliphatic carbocycles. The van der Waals surface area contributed by atoms with E-state index in [0.717, 1.165) is 16.1 Å². The van der Waals surface area contributed by atoms with E-state index in [0.29, 0.717) is 0 Å². The van der Waals surface area contributed by atoms with Crippen LogP contribution in [0.15, 0.2) is 30.9 Å². The van der Waals surface area contributed by atoms with Gasteiger partial charge in [-0.25, -0.2) is 0 Å². The standard InChI is InChI=1S/C10H12ClN.ClH/c1-3-10(12)9-5-4-8(11)6-7(9)2;/h3-6,10H,1,12H2,2H3;1H/t10-;/m1./s1. The van der Waals surface area contributed by atoms with Gasteiger partial charge in [0.05, 0.1) is 0 Å². The summed E-state index contributed by atoms with van der Waals surface area (Å²) in [5, 5.41) is 0.743. The zero-order valence-electron chi connectivity index (χ0n) is 7.46. The molecule has 3 heteroatoms. The fourth-order valence-electron chi connectivity index (χ4n) is 1.14. The highest BCUT2D eigenvalue weighted by Crippen LogP contribution is 2.20. The summed E-state index contributed by atoms with van der Waals surface area (Å²) >= 11 is 5.80. The molecule has 72 valence electrons. The molecule has 0 heterocycles. The van der Waals surface area contributed by atoms with Crippen molar-refractivity contribution in [3.8, 4) is 0 Å². The van der Waals surface area contributed by atoms with Gasteiger partial charge in [-0.2, -0.15) is 0 Å². The van der Waals surface area contributed by atoms with Crippen molar-refractivity contribution in [2.75, 3.05) is 0 Å². The van der Waals surface area contributed by atoms with E-state index < -0.39 is 0 Å². The lowest BCUT2D eigenvalue weighted by Crippen LogP contribution is -2.07. The first-order valence-corrected chi connectivity index (χ1v) is 4.17. The average Bonchev–Trinajstić information content (AvgIpc) is 2.03. The zero-order chi connectivity index (χ0) is 9.14. The summed E-state index contributed by atoms with van der Waals surface area (Å²) in [6.07, 6.45) is 1.72. The summed E-state index contributed by atoms with van der Waals surface area (Å²) in [6, 6.07) is 5.58. The molecule has 0 radical (unpaired) electrons. The molecule has 0 bridgehead atoms. The lowest BCUT2D eigenvalue weighted by atomic mass is 10.0. The third-order valence-electron chi connectivity index (χ3n) is 1.84. The molecule has 0 aromatic heterocycles. The van der Waals surface area contributed by atoms with Crippen LogP contribution in [0.5, 0.6) is 0 Å². The maximum absolute atomic E-state index is 5.80. The first kappa shape index (κ1) is 12.5. The minimum atomic E-state index is -0.0951. The van der Waals surface area contributed by atoms with Gasteiger partial charge in [0.2, 0.25) is 0 Å². The van der Waals surface area contributed by atoms with Crippen molar-refractivity contribution >= 4 is 24.0 Å². The van der Waals surface area contributed by atoms with Crippen molar-refractivity contribution in [3.63, 3.8) is 0 Å². The van der Waals surface area contributed by atoms with Gasteiger partial charge < -0.3 is 5.73 Å². The van der Waals surface area contributed by atoms with Crippen molar-refractivity contribution < 1.29 is 0 Å². The molecule has 0 aliphatic heterocycles. The van der Waals surface area contributed by atoms with Crippen LogP contribution in [0.2, 0.25) is 5.02 Å². The van der Waals surface area contributed by atoms with Crippen LogP contribution in [-0.2, 0) is 0 Å². The molecule has 0 fully saturated rings. The second-order valence-electron chi connectivity index (χ2n) is 2.76. The highest BCUT2D eigenvalue weighted by atomic mass is 35.5. The molecule has 1 aromatic carbocycles. The van der Waals surface area contributed by atoms with Gasteiger partial charge in [-0.3, -0.25) is 0 Å². The first-order chi connectivity index (χ1) is 5.65. The van der Waals surface area contributed by atoms with Crippen LogP contribution in [-0.4, -0.2) is 0 Å². The maximum Gasteiger partial charge on any atom is 0.0481 e. The predicted octanol–water partition coefficient (Wildman–Crippen LogP) is 3.26. The molecule has 0 amide bonds. The van der Waals surface area contributed by atoms with Crippen LogP contribution >= 0.6 is 24.0 Å². The Balaban J connectivity index is 0.00000144. The van der Waals surface area contributed by atoms with Crippen LogP contribution in [0.1, 0.15) is 17.2 Å². The molecule has 0 spiro atoms. The Kier molecular flexibility index (Phi) is 5.07. The van der Waals surface area contributed by atoms with Gasteiger partial charge in [-0.1, -0.05) is 23.7 Å². The van der Waals surface area contributed by atoms with Gasteiger partial charge in [0, 0.05) is 11.1 Å². The van der Waals surface area contributed by atoms with Crippen LogP contribution in [0.4, 0.5) is 0 Å². The molecule has 1 nitrogen and oxygen atoms in total. The normalized spacial score (nSPS) is 11.6. The summed E-state index contributed by atoms with van der Waals surface area (Å²) in [4.78, 5) is 0. The number of aryl methyl sites for hydroxylation is 1. The largest absolute Gasteiger partial charge is 0.321 e. The predicted molar refractivity (Wildman–Crippen MR) is 60.6 cm³/mol. The van der Waals surface area contributed by atoms with Crippen molar-refractivity contribution in [2.45, 2.75) is 13.0 Å². The van der Waals surface area contributed by atoms with E-state index in [1.54, 1.807) is 6.08 Å². The van der Waals surface area contributed by atoms with E-state index in [4.69, 9.17) is 17.3 Å². The number of halogens is 2. The molecular formula is C10H13Cl2N. The SMILES string of the molecule is C=C[C@@H](N)c1ccc(Cl)cc1C.Cl. The van der Waals surface area contributed by atoms with E-state index in [-0.39, 0.29) is 18.4 Å². The minimum absolute atomic E-state index is 0. The zero-order valence-corrected chi connectivity index (χ0v) is 9.03. The topological polar surface area (TPSA) is 26.0 Å². The molecule has 0 aliphatic rings. The van der Waals surface area contributed by atoms with Gasteiger partial charge in [0.1, 0.15) is 0 Å². The Hall–Kier alpha value is -0.500. The molecular weight excluding hydrogens is 205 g/mol. The number of hydrogen-bond donors (Lipinski definition) is 1. The monoisotopic (exact) mass is 217 g/mol. The van der Waals surface area contributed by atoms with Gasteiger partial charge >= 0.3 is 0 Å². The second-order valence-corrected chi connectivity index (χ2v) is 3.20. The van der Waals surface area contributed by atoms with Crippen molar-refractivity contribution in [1.29, 1.82) is 0 Å². The summed E-state index contributed by atoms with van der Waals surface area (Å²) in [5.74, 6) is 0. The first-order valence-electron chi connectivity index (χ1n) is 3.79. The van der Waals surface area contributed by atoms with E-state index in [1.807, 2.05) is 25.1 Å².